The zero-order valence-electron chi connectivity index (χ0n) is 14.7. The molecule has 1 aliphatic carbocycles. The number of nitrogens with one attached hydrogen (secondary N) is 2. The second-order valence-corrected chi connectivity index (χ2v) is 8.20. The maximum absolute atomic E-state index is 12.5. The van der Waals surface area contributed by atoms with Gasteiger partial charge >= 0.3 is 6.09 Å². The van der Waals surface area contributed by atoms with Crippen molar-refractivity contribution in [1.29, 1.82) is 0 Å². The van der Waals surface area contributed by atoms with E-state index in [0.717, 1.165) is 21.3 Å². The molecule has 0 aromatic heterocycles. The van der Waals surface area contributed by atoms with Crippen LogP contribution in [0.5, 0.6) is 0 Å². The summed E-state index contributed by atoms with van der Waals surface area (Å²) in [5, 5.41) is 6.80. The fraction of sp³-hybridized carbons (Fsp3) is 0.381. The smallest absolute Gasteiger partial charge is 0.407 e. The maximum atomic E-state index is 12.5. The number of benzene rings is 2. The molecule has 26 heavy (non-hydrogen) atoms. The van der Waals surface area contributed by atoms with Crippen molar-refractivity contribution in [1.82, 2.24) is 5.32 Å². The number of ether oxygens (including phenoxy) is 1. The number of halogens is 1. The van der Waals surface area contributed by atoms with Crippen molar-refractivity contribution in [3.05, 3.63) is 64.1 Å². The summed E-state index contributed by atoms with van der Waals surface area (Å²) < 4.78 is 6.47. The number of amides is 1. The van der Waals surface area contributed by atoms with Gasteiger partial charge in [0, 0.05) is 22.1 Å². The van der Waals surface area contributed by atoms with Crippen LogP contribution in [-0.4, -0.2) is 12.1 Å². The third-order valence-corrected chi connectivity index (χ3v) is 5.87. The molecule has 0 radical (unpaired) electrons. The number of alkyl carbamates (subject to hydrolysis) is 1. The Hall–Kier alpha value is -2.01. The van der Waals surface area contributed by atoms with Gasteiger partial charge in [-0.2, -0.15) is 0 Å². The van der Waals surface area contributed by atoms with Crippen molar-refractivity contribution in [2.45, 2.75) is 38.5 Å². The number of anilines is 1. The second-order valence-electron chi connectivity index (χ2n) is 7.28. The fourth-order valence-corrected chi connectivity index (χ4v) is 4.21. The van der Waals surface area contributed by atoms with Crippen LogP contribution in [-0.2, 0) is 11.3 Å². The highest BCUT2D eigenvalue weighted by atomic mass is 79.9. The number of hydrogen-bond acceptors (Lipinski definition) is 3. The average Bonchev–Trinajstić information content (AvgIpc) is 3.48. The molecular weight excluding hydrogens is 392 g/mol. The van der Waals surface area contributed by atoms with Crippen molar-refractivity contribution in [2.24, 2.45) is 11.8 Å². The molecule has 1 amide bonds. The highest BCUT2D eigenvalue weighted by Crippen LogP contribution is 2.46. The first-order valence-electron chi connectivity index (χ1n) is 9.15. The molecular formula is C21H23BrN2O2. The summed E-state index contributed by atoms with van der Waals surface area (Å²) in [4.78, 5) is 12.5. The minimum absolute atomic E-state index is 0.0578. The molecule has 0 bridgehead atoms. The molecule has 4 rings (SSSR count). The zero-order chi connectivity index (χ0) is 18.1. The van der Waals surface area contributed by atoms with Crippen LogP contribution < -0.4 is 10.6 Å². The number of rotatable bonds is 4. The van der Waals surface area contributed by atoms with Crippen LogP contribution in [0.1, 0.15) is 36.9 Å². The Morgan fingerprint density at radius 3 is 2.73 bits per heavy atom. The molecule has 0 spiro atoms. The SMILES string of the molecule is C[C@@H]1C(NC(=O)OCc2ccccc2)c2cc(Br)ccc2N[C@H]1C1CC1. The second kappa shape index (κ2) is 7.31. The summed E-state index contributed by atoms with van der Waals surface area (Å²) in [7, 11) is 0. The normalized spacial score (nSPS) is 24.3. The van der Waals surface area contributed by atoms with Crippen molar-refractivity contribution >= 4 is 27.7 Å². The molecule has 3 atom stereocenters. The molecule has 1 heterocycles. The predicted molar refractivity (Wildman–Crippen MR) is 106 cm³/mol. The molecule has 1 fully saturated rings. The number of hydrogen-bond donors (Lipinski definition) is 2. The van der Waals surface area contributed by atoms with Crippen LogP contribution in [0, 0.1) is 11.8 Å². The molecule has 0 saturated heterocycles. The monoisotopic (exact) mass is 414 g/mol. The summed E-state index contributed by atoms with van der Waals surface area (Å²) in [5.74, 6) is 1.00. The van der Waals surface area contributed by atoms with E-state index in [2.05, 4.69) is 45.6 Å². The van der Waals surface area contributed by atoms with Gasteiger partial charge in [0.05, 0.1) is 6.04 Å². The minimum atomic E-state index is -0.368. The van der Waals surface area contributed by atoms with E-state index in [4.69, 9.17) is 4.74 Å². The molecule has 1 saturated carbocycles. The average molecular weight is 415 g/mol. The Bertz CT molecular complexity index is 792. The topological polar surface area (TPSA) is 50.4 Å². The molecule has 5 heteroatoms. The largest absolute Gasteiger partial charge is 0.445 e. The van der Waals surface area contributed by atoms with Crippen LogP contribution in [0.2, 0.25) is 0 Å². The highest BCUT2D eigenvalue weighted by molar-refractivity contribution is 9.10. The number of carbonyl (C=O) groups is 1. The lowest BCUT2D eigenvalue weighted by Gasteiger charge is -2.39. The van der Waals surface area contributed by atoms with E-state index in [1.165, 1.54) is 12.8 Å². The fourth-order valence-electron chi connectivity index (χ4n) is 3.83. The Labute approximate surface area is 162 Å². The van der Waals surface area contributed by atoms with Crippen LogP contribution in [0.3, 0.4) is 0 Å². The summed E-state index contributed by atoms with van der Waals surface area (Å²) in [6.45, 7) is 2.49. The Morgan fingerprint density at radius 2 is 2.00 bits per heavy atom. The third kappa shape index (κ3) is 3.73. The third-order valence-electron chi connectivity index (χ3n) is 5.38. The lowest BCUT2D eigenvalue weighted by molar-refractivity contribution is 0.130. The van der Waals surface area contributed by atoms with Crippen LogP contribution in [0.25, 0.3) is 0 Å². The summed E-state index contributed by atoms with van der Waals surface area (Å²) >= 11 is 3.55. The van der Waals surface area contributed by atoms with Crippen molar-refractivity contribution < 1.29 is 9.53 Å². The van der Waals surface area contributed by atoms with Gasteiger partial charge in [0.25, 0.3) is 0 Å². The molecule has 2 aliphatic rings. The molecule has 136 valence electrons. The van der Waals surface area contributed by atoms with E-state index in [1.54, 1.807) is 0 Å². The predicted octanol–water partition coefficient (Wildman–Crippen LogP) is 5.26. The summed E-state index contributed by atoms with van der Waals surface area (Å²) in [5.41, 5.74) is 3.21. The van der Waals surface area contributed by atoms with Gasteiger partial charge in [0.1, 0.15) is 6.61 Å². The molecule has 1 aliphatic heterocycles. The first-order valence-corrected chi connectivity index (χ1v) is 9.94. The van der Waals surface area contributed by atoms with Crippen molar-refractivity contribution in [3.63, 3.8) is 0 Å². The summed E-state index contributed by atoms with van der Waals surface area (Å²) in [6.07, 6.45) is 2.16. The van der Waals surface area contributed by atoms with Crippen molar-refractivity contribution in [2.75, 3.05) is 5.32 Å². The van der Waals surface area contributed by atoms with Gasteiger partial charge in [-0.3, -0.25) is 0 Å². The van der Waals surface area contributed by atoms with Gasteiger partial charge in [-0.25, -0.2) is 4.79 Å². The zero-order valence-corrected chi connectivity index (χ0v) is 16.3. The maximum Gasteiger partial charge on any atom is 0.407 e. The molecule has 4 nitrogen and oxygen atoms in total. The molecule has 2 N–H and O–H groups in total. The quantitative estimate of drug-likeness (QED) is 0.717. The Morgan fingerprint density at radius 1 is 1.23 bits per heavy atom. The van der Waals surface area contributed by atoms with Gasteiger partial charge in [-0.05, 0) is 48.1 Å². The van der Waals surface area contributed by atoms with E-state index < -0.39 is 0 Å². The van der Waals surface area contributed by atoms with Crippen LogP contribution in [0.4, 0.5) is 10.5 Å². The Balaban J connectivity index is 1.50. The van der Waals surface area contributed by atoms with Crippen LogP contribution >= 0.6 is 15.9 Å². The Kier molecular flexibility index (Phi) is 4.90. The number of fused-ring (bicyclic) bond motifs is 1. The molecule has 2 aromatic rings. The van der Waals surface area contributed by atoms with E-state index in [1.807, 2.05) is 36.4 Å². The van der Waals surface area contributed by atoms with E-state index >= 15 is 0 Å². The number of carbonyl (C=O) groups excluding carboxylic acids is 1. The molecule has 2 aromatic carbocycles. The first kappa shape index (κ1) is 17.4. The standard InChI is InChI=1S/C21H23BrN2O2/c1-13-19(15-7-8-15)23-18-10-9-16(22)11-17(18)20(13)24-21(25)26-12-14-5-3-2-4-6-14/h2-6,9-11,13,15,19-20,23H,7-8,12H2,1H3,(H,24,25)/t13-,19+,20?/m0/s1. The van der Waals surface area contributed by atoms with Crippen molar-refractivity contribution in [3.8, 4) is 0 Å². The van der Waals surface area contributed by atoms with E-state index in [0.29, 0.717) is 17.9 Å². The van der Waals surface area contributed by atoms with Gasteiger partial charge in [-0.15, -0.1) is 0 Å². The minimum Gasteiger partial charge on any atom is -0.445 e. The first-order chi connectivity index (χ1) is 12.6. The van der Waals surface area contributed by atoms with E-state index in [-0.39, 0.29) is 18.7 Å². The van der Waals surface area contributed by atoms with Gasteiger partial charge in [0.15, 0.2) is 0 Å². The van der Waals surface area contributed by atoms with Crippen LogP contribution in [0.15, 0.2) is 53.0 Å². The molecule has 1 unspecified atom stereocenters. The van der Waals surface area contributed by atoms with E-state index in [9.17, 15) is 4.79 Å². The summed E-state index contributed by atoms with van der Waals surface area (Å²) in [6, 6.07) is 16.3. The van der Waals surface area contributed by atoms with Gasteiger partial charge in [0.2, 0.25) is 0 Å². The lowest BCUT2D eigenvalue weighted by atomic mass is 9.82. The lowest BCUT2D eigenvalue weighted by Crippen LogP contribution is -2.45. The van der Waals surface area contributed by atoms with Gasteiger partial charge in [-0.1, -0.05) is 53.2 Å². The van der Waals surface area contributed by atoms with Gasteiger partial charge < -0.3 is 15.4 Å². The highest BCUT2D eigenvalue weighted by Gasteiger charge is 2.42.